The third-order valence-electron chi connectivity index (χ3n) is 4.06. The Bertz CT molecular complexity index is 835. The quantitative estimate of drug-likeness (QED) is 0.513. The lowest BCUT2D eigenvalue weighted by Gasteiger charge is -2.19. The van der Waals surface area contributed by atoms with Crippen LogP contribution >= 0.6 is 11.6 Å². The van der Waals surface area contributed by atoms with Gasteiger partial charge in [0, 0.05) is 30.5 Å². The normalized spacial score (nSPS) is 11.0. The maximum absolute atomic E-state index is 5.89. The van der Waals surface area contributed by atoms with Gasteiger partial charge < -0.3 is 4.90 Å². The van der Waals surface area contributed by atoms with Crippen LogP contribution in [0.25, 0.3) is 0 Å². The molecule has 126 valence electrons. The topological polar surface area (TPSA) is 15.6 Å². The molecule has 3 aromatic rings. The van der Waals surface area contributed by atoms with Crippen molar-refractivity contribution in [3.63, 3.8) is 0 Å². The lowest BCUT2D eigenvalue weighted by Crippen LogP contribution is -2.16. The van der Waals surface area contributed by atoms with E-state index in [4.69, 9.17) is 11.6 Å². The van der Waals surface area contributed by atoms with Gasteiger partial charge in [-0.15, -0.1) is 0 Å². The highest BCUT2D eigenvalue weighted by Crippen LogP contribution is 2.18. The molecule has 3 aromatic carbocycles. The highest BCUT2D eigenvalue weighted by molar-refractivity contribution is 6.30. The first-order valence-electron chi connectivity index (χ1n) is 8.26. The van der Waals surface area contributed by atoms with Crippen LogP contribution < -0.4 is 4.90 Å². The molecule has 0 spiro atoms. The molecule has 0 radical (unpaired) electrons. The highest BCUT2D eigenvalue weighted by atomic mass is 35.5. The van der Waals surface area contributed by atoms with Gasteiger partial charge in [0.25, 0.3) is 0 Å². The standard InChI is InChI=1S/C22H21ClN2/c1-17-3-5-19(6-4-17)16-25(2)22-13-7-18(8-14-22)15-24-21-11-9-20(23)10-12-21/h3-15H,16H2,1-2H3. The van der Waals surface area contributed by atoms with Crippen LogP contribution in [0.4, 0.5) is 11.4 Å². The number of hydrogen-bond donors (Lipinski definition) is 0. The zero-order valence-electron chi connectivity index (χ0n) is 14.5. The summed E-state index contributed by atoms with van der Waals surface area (Å²) in [6.07, 6.45) is 1.87. The summed E-state index contributed by atoms with van der Waals surface area (Å²) in [5, 5.41) is 0.722. The molecule has 0 amide bonds. The largest absolute Gasteiger partial charge is 0.370 e. The number of aliphatic imine (C=N–C) groups is 1. The summed E-state index contributed by atoms with van der Waals surface area (Å²) in [5.74, 6) is 0. The summed E-state index contributed by atoms with van der Waals surface area (Å²) in [6, 6.07) is 24.6. The lowest BCUT2D eigenvalue weighted by molar-refractivity contribution is 0.922. The molecule has 0 bridgehead atoms. The zero-order chi connectivity index (χ0) is 17.6. The molecule has 0 aromatic heterocycles. The van der Waals surface area contributed by atoms with Gasteiger partial charge in [0.1, 0.15) is 0 Å². The zero-order valence-corrected chi connectivity index (χ0v) is 15.2. The maximum atomic E-state index is 5.89. The average Bonchev–Trinajstić information content (AvgIpc) is 2.63. The minimum absolute atomic E-state index is 0.722. The van der Waals surface area contributed by atoms with Crippen molar-refractivity contribution < 1.29 is 0 Å². The number of nitrogens with zero attached hydrogens (tertiary/aromatic N) is 2. The van der Waals surface area contributed by atoms with E-state index in [9.17, 15) is 0 Å². The fourth-order valence-electron chi connectivity index (χ4n) is 2.55. The Hall–Kier alpha value is -2.58. The van der Waals surface area contributed by atoms with Crippen LogP contribution in [-0.2, 0) is 6.54 Å². The first kappa shape index (κ1) is 17.2. The van der Waals surface area contributed by atoms with Crippen LogP contribution in [0.15, 0.2) is 77.8 Å². The number of rotatable bonds is 5. The Balaban J connectivity index is 1.64. The van der Waals surface area contributed by atoms with E-state index in [1.165, 1.54) is 16.8 Å². The van der Waals surface area contributed by atoms with E-state index in [0.717, 1.165) is 22.8 Å². The lowest BCUT2D eigenvalue weighted by atomic mass is 10.1. The average molecular weight is 349 g/mol. The molecule has 3 rings (SSSR count). The smallest absolute Gasteiger partial charge is 0.0630 e. The Kier molecular flexibility index (Phi) is 5.52. The number of aryl methyl sites for hydroxylation is 1. The summed E-state index contributed by atoms with van der Waals surface area (Å²) in [7, 11) is 2.11. The summed E-state index contributed by atoms with van der Waals surface area (Å²) in [4.78, 5) is 6.71. The molecule has 0 heterocycles. The molecule has 0 aliphatic carbocycles. The van der Waals surface area contributed by atoms with Crippen molar-refractivity contribution in [1.82, 2.24) is 0 Å². The molecule has 0 aliphatic heterocycles. The summed E-state index contributed by atoms with van der Waals surface area (Å²) in [6.45, 7) is 3.00. The number of halogens is 1. The van der Waals surface area contributed by atoms with Gasteiger partial charge in [0.05, 0.1) is 5.69 Å². The Labute approximate surface area is 154 Å². The minimum atomic E-state index is 0.722. The van der Waals surface area contributed by atoms with Crippen molar-refractivity contribution >= 4 is 29.2 Å². The van der Waals surface area contributed by atoms with Gasteiger partial charge in [-0.1, -0.05) is 53.6 Å². The number of benzene rings is 3. The molecular weight excluding hydrogens is 328 g/mol. The number of anilines is 1. The van der Waals surface area contributed by atoms with Crippen LogP contribution in [0.5, 0.6) is 0 Å². The molecule has 0 unspecified atom stereocenters. The second kappa shape index (κ2) is 8.00. The molecule has 3 heteroatoms. The van der Waals surface area contributed by atoms with Gasteiger partial charge >= 0.3 is 0 Å². The molecule has 0 atom stereocenters. The van der Waals surface area contributed by atoms with Gasteiger partial charge in [0.15, 0.2) is 0 Å². The fourth-order valence-corrected chi connectivity index (χ4v) is 2.68. The third kappa shape index (κ3) is 4.94. The molecule has 2 nitrogen and oxygen atoms in total. The van der Waals surface area contributed by atoms with E-state index in [2.05, 4.69) is 72.4 Å². The molecule has 0 N–H and O–H groups in total. The van der Waals surface area contributed by atoms with E-state index in [1.54, 1.807) is 0 Å². The van der Waals surface area contributed by atoms with Gasteiger partial charge in [-0.2, -0.15) is 0 Å². The summed E-state index contributed by atoms with van der Waals surface area (Å²) >= 11 is 5.89. The third-order valence-corrected chi connectivity index (χ3v) is 4.32. The molecule has 0 saturated carbocycles. The van der Waals surface area contributed by atoms with Crippen molar-refractivity contribution in [1.29, 1.82) is 0 Å². The maximum Gasteiger partial charge on any atom is 0.0630 e. The Morgan fingerprint density at radius 3 is 2.16 bits per heavy atom. The molecule has 25 heavy (non-hydrogen) atoms. The van der Waals surface area contributed by atoms with Gasteiger partial charge in [-0.25, -0.2) is 0 Å². The van der Waals surface area contributed by atoms with Crippen molar-refractivity contribution in [2.75, 3.05) is 11.9 Å². The monoisotopic (exact) mass is 348 g/mol. The van der Waals surface area contributed by atoms with E-state index >= 15 is 0 Å². The Morgan fingerprint density at radius 2 is 1.52 bits per heavy atom. The van der Waals surface area contributed by atoms with Crippen LogP contribution in [0, 0.1) is 6.92 Å². The van der Waals surface area contributed by atoms with E-state index in [1.807, 2.05) is 30.5 Å². The highest BCUT2D eigenvalue weighted by Gasteiger charge is 2.02. The van der Waals surface area contributed by atoms with Crippen LogP contribution in [0.1, 0.15) is 16.7 Å². The first-order chi connectivity index (χ1) is 12.1. The SMILES string of the molecule is Cc1ccc(CN(C)c2ccc(C=Nc3ccc(Cl)cc3)cc2)cc1. The predicted octanol–water partition coefficient (Wildman–Crippen LogP) is 6.04. The molecular formula is C22H21ClN2. The molecule has 0 saturated heterocycles. The molecule has 0 fully saturated rings. The van der Waals surface area contributed by atoms with Crippen molar-refractivity contribution in [2.24, 2.45) is 4.99 Å². The van der Waals surface area contributed by atoms with Gasteiger partial charge in [-0.05, 0) is 54.4 Å². The van der Waals surface area contributed by atoms with Crippen molar-refractivity contribution in [3.05, 3.63) is 94.5 Å². The van der Waals surface area contributed by atoms with Gasteiger partial charge in [0.2, 0.25) is 0 Å². The van der Waals surface area contributed by atoms with Crippen molar-refractivity contribution in [3.8, 4) is 0 Å². The predicted molar refractivity (Wildman–Crippen MR) is 108 cm³/mol. The molecule has 0 aliphatic rings. The van der Waals surface area contributed by atoms with Crippen LogP contribution in [0.2, 0.25) is 5.02 Å². The van der Waals surface area contributed by atoms with Crippen LogP contribution in [-0.4, -0.2) is 13.3 Å². The second-order valence-electron chi connectivity index (χ2n) is 6.17. The summed E-state index contributed by atoms with van der Waals surface area (Å²) < 4.78 is 0. The first-order valence-corrected chi connectivity index (χ1v) is 8.64. The summed E-state index contributed by atoms with van der Waals surface area (Å²) in [5.41, 5.74) is 5.74. The van der Waals surface area contributed by atoms with E-state index in [-0.39, 0.29) is 0 Å². The van der Waals surface area contributed by atoms with Crippen molar-refractivity contribution in [2.45, 2.75) is 13.5 Å². The second-order valence-corrected chi connectivity index (χ2v) is 6.60. The van der Waals surface area contributed by atoms with E-state index < -0.39 is 0 Å². The van der Waals surface area contributed by atoms with Gasteiger partial charge in [-0.3, -0.25) is 4.99 Å². The Morgan fingerprint density at radius 1 is 0.880 bits per heavy atom. The van der Waals surface area contributed by atoms with E-state index in [0.29, 0.717) is 0 Å². The minimum Gasteiger partial charge on any atom is -0.370 e. The number of hydrogen-bond acceptors (Lipinski definition) is 2. The van der Waals surface area contributed by atoms with Crippen LogP contribution in [0.3, 0.4) is 0 Å². The fraction of sp³-hybridized carbons (Fsp3) is 0.136.